The van der Waals surface area contributed by atoms with E-state index in [1.165, 1.54) is 12.1 Å². The Hall–Kier alpha value is -2.54. The summed E-state index contributed by atoms with van der Waals surface area (Å²) in [5.41, 5.74) is -0.0210. The monoisotopic (exact) mass is 357 g/mol. The third-order valence-electron chi connectivity index (χ3n) is 5.11. The SMILES string of the molecule is Cc1nc(C2CN(C(=O)C3(c4ccccc4F)CC3)CCO2)cc(=O)[nH]1. The molecule has 136 valence electrons. The predicted octanol–water partition coefficient (Wildman–Crippen LogP) is 1.85. The van der Waals surface area contributed by atoms with E-state index in [9.17, 15) is 14.0 Å². The number of ether oxygens (including phenoxy) is 1. The molecule has 1 atom stereocenters. The van der Waals surface area contributed by atoms with Crippen LogP contribution in [-0.2, 0) is 14.9 Å². The zero-order chi connectivity index (χ0) is 18.3. The molecule has 0 radical (unpaired) electrons. The summed E-state index contributed by atoms with van der Waals surface area (Å²) in [7, 11) is 0. The number of morpholine rings is 1. The first-order chi connectivity index (χ1) is 12.5. The van der Waals surface area contributed by atoms with E-state index in [1.54, 1.807) is 30.0 Å². The van der Waals surface area contributed by atoms with Crippen molar-refractivity contribution >= 4 is 5.91 Å². The van der Waals surface area contributed by atoms with Crippen LogP contribution in [0.25, 0.3) is 0 Å². The summed E-state index contributed by atoms with van der Waals surface area (Å²) < 4.78 is 20.0. The van der Waals surface area contributed by atoms with Gasteiger partial charge in [-0.15, -0.1) is 0 Å². The molecule has 1 amide bonds. The van der Waals surface area contributed by atoms with E-state index < -0.39 is 11.5 Å². The number of nitrogens with zero attached hydrogens (tertiary/aromatic N) is 2. The number of aromatic amines is 1. The fraction of sp³-hybridized carbons (Fsp3) is 0.421. The maximum absolute atomic E-state index is 14.2. The van der Waals surface area contributed by atoms with E-state index in [0.717, 1.165) is 0 Å². The number of halogens is 1. The van der Waals surface area contributed by atoms with E-state index in [4.69, 9.17) is 4.74 Å². The maximum Gasteiger partial charge on any atom is 0.251 e. The van der Waals surface area contributed by atoms with Crippen LogP contribution in [0, 0.1) is 12.7 Å². The molecule has 1 aliphatic heterocycles. The molecule has 1 N–H and O–H groups in total. The number of aromatic nitrogens is 2. The van der Waals surface area contributed by atoms with E-state index >= 15 is 0 Å². The van der Waals surface area contributed by atoms with Gasteiger partial charge in [0.15, 0.2) is 0 Å². The molecule has 1 aliphatic carbocycles. The molecule has 0 spiro atoms. The summed E-state index contributed by atoms with van der Waals surface area (Å²) in [6, 6.07) is 7.88. The minimum absolute atomic E-state index is 0.0718. The van der Waals surface area contributed by atoms with E-state index in [1.807, 2.05) is 0 Å². The van der Waals surface area contributed by atoms with Crippen molar-refractivity contribution < 1.29 is 13.9 Å². The molecule has 1 unspecified atom stereocenters. The third kappa shape index (κ3) is 2.92. The number of aryl methyl sites for hydroxylation is 1. The number of rotatable bonds is 3. The summed E-state index contributed by atoms with van der Waals surface area (Å²) in [6.07, 6.45) is 0.846. The molecule has 2 aliphatic rings. The van der Waals surface area contributed by atoms with Crippen molar-refractivity contribution in [1.29, 1.82) is 0 Å². The first-order valence-corrected chi connectivity index (χ1v) is 8.73. The van der Waals surface area contributed by atoms with Crippen molar-refractivity contribution in [3.05, 3.63) is 63.6 Å². The Labute approximate surface area is 150 Å². The summed E-state index contributed by atoms with van der Waals surface area (Å²) in [5, 5.41) is 0. The molecule has 2 fully saturated rings. The second kappa shape index (κ2) is 6.32. The number of benzene rings is 1. The van der Waals surface area contributed by atoms with Gasteiger partial charge in [-0.2, -0.15) is 0 Å². The Morgan fingerprint density at radius 3 is 2.85 bits per heavy atom. The number of amides is 1. The highest BCUT2D eigenvalue weighted by Gasteiger charge is 2.54. The quantitative estimate of drug-likeness (QED) is 0.910. The Balaban J connectivity index is 1.57. The minimum atomic E-state index is -0.759. The second-order valence-electron chi connectivity index (χ2n) is 6.93. The number of nitrogens with one attached hydrogen (secondary N) is 1. The standard InChI is InChI=1S/C19H20FN3O3/c1-12-21-15(10-17(24)22-12)16-11-23(8-9-26-16)18(25)19(6-7-19)13-4-2-3-5-14(13)20/h2-5,10,16H,6-9,11H2,1H3,(H,21,22,24). The van der Waals surface area contributed by atoms with Crippen molar-refractivity contribution in [3.8, 4) is 0 Å². The van der Waals surface area contributed by atoms with Crippen molar-refractivity contribution in [1.82, 2.24) is 14.9 Å². The Bertz CT molecular complexity index is 907. The van der Waals surface area contributed by atoms with Crippen LogP contribution in [0.2, 0.25) is 0 Å². The van der Waals surface area contributed by atoms with Gasteiger partial charge in [0.05, 0.1) is 24.3 Å². The average molecular weight is 357 g/mol. The van der Waals surface area contributed by atoms with Crippen molar-refractivity contribution in [2.75, 3.05) is 19.7 Å². The molecule has 2 heterocycles. The lowest BCUT2D eigenvalue weighted by molar-refractivity contribution is -0.142. The number of hydrogen-bond donors (Lipinski definition) is 1. The van der Waals surface area contributed by atoms with E-state index in [0.29, 0.717) is 49.6 Å². The molecule has 2 aromatic rings. The summed E-state index contributed by atoms with van der Waals surface area (Å²) in [6.45, 7) is 2.82. The van der Waals surface area contributed by atoms with Gasteiger partial charge in [-0.25, -0.2) is 9.37 Å². The molecular weight excluding hydrogens is 337 g/mol. The first kappa shape index (κ1) is 16.9. The summed E-state index contributed by atoms with van der Waals surface area (Å²) in [4.78, 5) is 33.5. The minimum Gasteiger partial charge on any atom is -0.368 e. The number of carbonyl (C=O) groups excluding carboxylic acids is 1. The molecule has 6 nitrogen and oxygen atoms in total. The molecule has 1 saturated carbocycles. The molecule has 0 bridgehead atoms. The smallest absolute Gasteiger partial charge is 0.251 e. The lowest BCUT2D eigenvalue weighted by Gasteiger charge is -2.35. The van der Waals surface area contributed by atoms with Crippen LogP contribution in [0.4, 0.5) is 4.39 Å². The third-order valence-corrected chi connectivity index (χ3v) is 5.11. The normalized spacial score (nSPS) is 21.5. The van der Waals surface area contributed by atoms with Crippen LogP contribution in [0.5, 0.6) is 0 Å². The molecule has 26 heavy (non-hydrogen) atoms. The van der Waals surface area contributed by atoms with E-state index in [-0.39, 0.29) is 17.3 Å². The van der Waals surface area contributed by atoms with Gasteiger partial charge in [-0.05, 0) is 25.8 Å². The van der Waals surface area contributed by atoms with Gasteiger partial charge in [0.25, 0.3) is 5.56 Å². The lowest BCUT2D eigenvalue weighted by Crippen LogP contribution is -2.47. The molecule has 1 saturated heterocycles. The van der Waals surface area contributed by atoms with Crippen LogP contribution in [0.15, 0.2) is 35.1 Å². The van der Waals surface area contributed by atoms with Crippen LogP contribution in [0.3, 0.4) is 0 Å². The fourth-order valence-electron chi connectivity index (χ4n) is 3.66. The van der Waals surface area contributed by atoms with Crippen molar-refractivity contribution in [2.24, 2.45) is 0 Å². The maximum atomic E-state index is 14.2. The Morgan fingerprint density at radius 1 is 1.38 bits per heavy atom. The molecule has 1 aromatic heterocycles. The van der Waals surface area contributed by atoms with Gasteiger partial charge in [0, 0.05) is 18.2 Å². The molecular formula is C19H20FN3O3. The van der Waals surface area contributed by atoms with Crippen LogP contribution >= 0.6 is 0 Å². The highest BCUT2D eigenvalue weighted by atomic mass is 19.1. The van der Waals surface area contributed by atoms with Gasteiger partial charge >= 0.3 is 0 Å². The van der Waals surface area contributed by atoms with Gasteiger partial charge in [0.2, 0.25) is 5.91 Å². The van der Waals surface area contributed by atoms with Gasteiger partial charge < -0.3 is 14.6 Å². The summed E-state index contributed by atoms with van der Waals surface area (Å²) in [5.74, 6) is 0.0945. The highest BCUT2D eigenvalue weighted by Crippen LogP contribution is 2.50. The largest absolute Gasteiger partial charge is 0.368 e. The second-order valence-corrected chi connectivity index (χ2v) is 6.93. The number of H-pyrrole nitrogens is 1. The molecule has 7 heteroatoms. The predicted molar refractivity (Wildman–Crippen MR) is 92.2 cm³/mol. The zero-order valence-electron chi connectivity index (χ0n) is 14.5. The Morgan fingerprint density at radius 2 is 2.15 bits per heavy atom. The van der Waals surface area contributed by atoms with Crippen LogP contribution < -0.4 is 5.56 Å². The van der Waals surface area contributed by atoms with Crippen LogP contribution in [-0.4, -0.2) is 40.5 Å². The topological polar surface area (TPSA) is 75.3 Å². The van der Waals surface area contributed by atoms with Gasteiger partial charge in [-0.1, -0.05) is 18.2 Å². The number of carbonyl (C=O) groups is 1. The first-order valence-electron chi connectivity index (χ1n) is 8.73. The zero-order valence-corrected chi connectivity index (χ0v) is 14.5. The highest BCUT2D eigenvalue weighted by molar-refractivity contribution is 5.91. The molecule has 1 aromatic carbocycles. The van der Waals surface area contributed by atoms with Gasteiger partial charge in [-0.3, -0.25) is 9.59 Å². The van der Waals surface area contributed by atoms with Crippen molar-refractivity contribution in [3.63, 3.8) is 0 Å². The molecule has 4 rings (SSSR count). The fourth-order valence-corrected chi connectivity index (χ4v) is 3.66. The van der Waals surface area contributed by atoms with Crippen molar-refractivity contribution in [2.45, 2.75) is 31.3 Å². The average Bonchev–Trinajstić information content (AvgIpc) is 3.42. The lowest BCUT2D eigenvalue weighted by atomic mass is 9.93. The van der Waals surface area contributed by atoms with E-state index in [2.05, 4.69) is 9.97 Å². The number of hydrogen-bond acceptors (Lipinski definition) is 4. The van der Waals surface area contributed by atoms with Gasteiger partial charge in [0.1, 0.15) is 17.7 Å². The summed E-state index contributed by atoms with van der Waals surface area (Å²) >= 11 is 0. The Kier molecular flexibility index (Phi) is 4.11. The van der Waals surface area contributed by atoms with Crippen LogP contribution in [0.1, 0.15) is 36.0 Å².